The molecule has 0 radical (unpaired) electrons. The van der Waals surface area contributed by atoms with Crippen molar-refractivity contribution in [2.24, 2.45) is 0 Å². The molecule has 0 aliphatic rings. The van der Waals surface area contributed by atoms with Crippen molar-refractivity contribution in [2.45, 2.75) is 0 Å². The number of benzene rings is 1. The summed E-state index contributed by atoms with van der Waals surface area (Å²) < 4.78 is 7.38. The molecule has 39 heavy (non-hydrogen) atoms. The molecule has 12 heteroatoms. The molecular weight excluding hydrogens is 496 g/mol. The monoisotopic (exact) mass is 530 g/mol. The zero-order valence-electron chi connectivity index (χ0n) is 23.1. The van der Waals surface area contributed by atoms with Gasteiger partial charge < -0.3 is 30.1 Å². The van der Waals surface area contributed by atoms with Crippen molar-refractivity contribution in [3.8, 4) is 11.7 Å². The van der Waals surface area contributed by atoms with Gasteiger partial charge in [-0.1, -0.05) is 18.7 Å². The molecule has 0 saturated heterocycles. The van der Waals surface area contributed by atoms with Crippen LogP contribution in [0.1, 0.15) is 0 Å². The number of rotatable bonds is 11. The van der Waals surface area contributed by atoms with Crippen LogP contribution in [-0.2, 0) is 4.79 Å². The summed E-state index contributed by atoms with van der Waals surface area (Å²) in [6, 6.07) is 11.5. The quantitative estimate of drug-likeness (QED) is 0.280. The van der Waals surface area contributed by atoms with Gasteiger partial charge in [0.25, 0.3) is 0 Å². The van der Waals surface area contributed by atoms with Gasteiger partial charge in [-0.05, 0) is 38.4 Å². The molecule has 3 heterocycles. The van der Waals surface area contributed by atoms with E-state index in [-0.39, 0.29) is 5.91 Å². The van der Waals surface area contributed by atoms with Crippen molar-refractivity contribution in [2.75, 3.05) is 75.9 Å². The minimum Gasteiger partial charge on any atom is -0.479 e. The third-order valence-electron chi connectivity index (χ3n) is 5.94. The topological polar surface area (TPSA) is 117 Å². The number of fused-ring (bicyclic) bond motifs is 1. The van der Waals surface area contributed by atoms with Crippen molar-refractivity contribution in [3.63, 3.8) is 0 Å². The third-order valence-corrected chi connectivity index (χ3v) is 5.94. The Morgan fingerprint density at radius 1 is 1.05 bits per heavy atom. The second-order valence-corrected chi connectivity index (χ2v) is 9.35. The third kappa shape index (κ3) is 6.07. The lowest BCUT2D eigenvalue weighted by atomic mass is 10.2. The minimum atomic E-state index is -0.351. The van der Waals surface area contributed by atoms with Gasteiger partial charge in [0.2, 0.25) is 17.7 Å². The standard InChI is InChI=1S/C27H34N10O2/c1-8-23(38)29-19-17-20(26(39-7)32-25(19)36(6)16-15-34(2)3)30-27-28-14-13-22(31-27)37-21-12-10-9-11-18(21)24(33-37)35(4)5/h8-14,17H,1,15-16H2,2-7H3,(H,29,38)(H,28,30,31). The highest BCUT2D eigenvalue weighted by molar-refractivity contribution is 6.01. The number of hydrogen-bond donors (Lipinski definition) is 2. The van der Waals surface area contributed by atoms with Gasteiger partial charge in [-0.25, -0.2) is 9.67 Å². The lowest BCUT2D eigenvalue weighted by molar-refractivity contribution is -0.111. The van der Waals surface area contributed by atoms with Gasteiger partial charge in [0.15, 0.2) is 17.5 Å². The summed E-state index contributed by atoms with van der Waals surface area (Å²) in [7, 11) is 11.3. The van der Waals surface area contributed by atoms with E-state index in [1.165, 1.54) is 13.2 Å². The van der Waals surface area contributed by atoms with E-state index in [4.69, 9.17) is 19.8 Å². The Morgan fingerprint density at radius 3 is 2.51 bits per heavy atom. The highest BCUT2D eigenvalue weighted by Crippen LogP contribution is 2.34. The Kier molecular flexibility index (Phi) is 8.25. The normalized spacial score (nSPS) is 10.9. The molecule has 0 bridgehead atoms. The number of aromatic nitrogens is 5. The molecule has 0 aliphatic carbocycles. The number of methoxy groups -OCH3 is 1. The molecular formula is C27H34N10O2. The molecule has 4 aromatic rings. The maximum absolute atomic E-state index is 12.2. The molecule has 2 N–H and O–H groups in total. The molecule has 0 saturated carbocycles. The fraction of sp³-hybridized carbons (Fsp3) is 0.296. The van der Waals surface area contributed by atoms with E-state index in [1.807, 2.05) is 69.3 Å². The van der Waals surface area contributed by atoms with Gasteiger partial charge in [-0.2, -0.15) is 9.97 Å². The van der Waals surface area contributed by atoms with Crippen LogP contribution in [0.5, 0.6) is 5.88 Å². The lowest BCUT2D eigenvalue weighted by Gasteiger charge is -2.24. The predicted molar refractivity (Wildman–Crippen MR) is 156 cm³/mol. The average Bonchev–Trinajstić information content (AvgIpc) is 3.32. The van der Waals surface area contributed by atoms with Crippen LogP contribution in [0, 0.1) is 0 Å². The highest BCUT2D eigenvalue weighted by atomic mass is 16.5. The number of anilines is 5. The highest BCUT2D eigenvalue weighted by Gasteiger charge is 2.19. The number of nitrogens with one attached hydrogen (secondary N) is 2. The Labute approximate surface area is 227 Å². The number of ether oxygens (including phenoxy) is 1. The molecule has 4 rings (SSSR count). The smallest absolute Gasteiger partial charge is 0.247 e. The zero-order valence-corrected chi connectivity index (χ0v) is 23.1. The fourth-order valence-electron chi connectivity index (χ4n) is 3.96. The van der Waals surface area contributed by atoms with Gasteiger partial charge in [0.1, 0.15) is 5.69 Å². The average molecular weight is 531 g/mol. The number of hydrogen-bond acceptors (Lipinski definition) is 10. The number of para-hydroxylation sites is 1. The second kappa shape index (κ2) is 11.8. The number of pyridine rings is 1. The lowest BCUT2D eigenvalue weighted by Crippen LogP contribution is -2.30. The molecule has 204 valence electrons. The summed E-state index contributed by atoms with van der Waals surface area (Å²) in [5, 5.41) is 11.8. The van der Waals surface area contributed by atoms with Crippen LogP contribution in [0.15, 0.2) is 55.3 Å². The van der Waals surface area contributed by atoms with E-state index in [0.717, 1.165) is 23.3 Å². The molecule has 0 aliphatic heterocycles. The largest absolute Gasteiger partial charge is 0.479 e. The van der Waals surface area contributed by atoms with Crippen molar-refractivity contribution < 1.29 is 9.53 Å². The van der Waals surface area contributed by atoms with Crippen LogP contribution in [0.25, 0.3) is 16.7 Å². The Morgan fingerprint density at radius 2 is 1.82 bits per heavy atom. The van der Waals surface area contributed by atoms with Crippen molar-refractivity contribution in [3.05, 3.63) is 55.3 Å². The Bertz CT molecular complexity index is 1480. The van der Waals surface area contributed by atoms with Gasteiger partial charge >= 0.3 is 0 Å². The van der Waals surface area contributed by atoms with Crippen LogP contribution in [0.2, 0.25) is 0 Å². The van der Waals surface area contributed by atoms with Crippen LogP contribution in [0.4, 0.5) is 29.0 Å². The van der Waals surface area contributed by atoms with Gasteiger partial charge in [0.05, 0.1) is 18.3 Å². The number of carbonyl (C=O) groups excluding carboxylic acids is 1. The molecule has 12 nitrogen and oxygen atoms in total. The molecule has 3 aromatic heterocycles. The minimum absolute atomic E-state index is 0.313. The molecule has 1 aromatic carbocycles. The molecule has 0 fully saturated rings. The summed E-state index contributed by atoms with van der Waals surface area (Å²) in [5.74, 6) is 2.27. The second-order valence-electron chi connectivity index (χ2n) is 9.35. The molecule has 0 unspecified atom stereocenters. The molecule has 0 atom stereocenters. The molecule has 1 amide bonds. The van der Waals surface area contributed by atoms with Gasteiger partial charge in [0, 0.05) is 51.9 Å². The predicted octanol–water partition coefficient (Wildman–Crippen LogP) is 3.15. The van der Waals surface area contributed by atoms with Crippen LogP contribution < -0.4 is 25.2 Å². The number of amides is 1. The van der Waals surface area contributed by atoms with Crippen molar-refractivity contribution in [1.82, 2.24) is 29.6 Å². The Balaban J connectivity index is 1.72. The van der Waals surface area contributed by atoms with E-state index >= 15 is 0 Å². The maximum atomic E-state index is 12.2. The maximum Gasteiger partial charge on any atom is 0.247 e. The van der Waals surface area contributed by atoms with Gasteiger partial charge in [-0.3, -0.25) is 4.79 Å². The first-order chi connectivity index (χ1) is 18.7. The summed E-state index contributed by atoms with van der Waals surface area (Å²) in [4.78, 5) is 32.0. The summed E-state index contributed by atoms with van der Waals surface area (Å²) in [5.41, 5.74) is 1.90. The zero-order chi connectivity index (χ0) is 28.1. The number of nitrogens with zero attached hydrogens (tertiary/aromatic N) is 8. The first kappa shape index (κ1) is 27.3. The number of carbonyl (C=O) groups is 1. The van der Waals surface area contributed by atoms with E-state index in [2.05, 4.69) is 27.1 Å². The fourth-order valence-corrected chi connectivity index (χ4v) is 3.96. The van der Waals surface area contributed by atoms with Crippen molar-refractivity contribution >= 4 is 45.8 Å². The van der Waals surface area contributed by atoms with Crippen LogP contribution in [0.3, 0.4) is 0 Å². The van der Waals surface area contributed by atoms with Gasteiger partial charge in [-0.15, -0.1) is 5.10 Å². The Hall–Kier alpha value is -4.71. The number of likely N-dealkylation sites (N-methyl/N-ethyl adjacent to an activating group) is 2. The van der Waals surface area contributed by atoms with E-state index in [0.29, 0.717) is 41.4 Å². The van der Waals surface area contributed by atoms with E-state index in [9.17, 15) is 4.79 Å². The summed E-state index contributed by atoms with van der Waals surface area (Å²) in [6.45, 7) is 5.05. The van der Waals surface area contributed by atoms with E-state index < -0.39 is 0 Å². The SMILES string of the molecule is C=CC(=O)Nc1cc(Nc2nccc(-n3nc(N(C)C)c4ccccc43)n2)c(OC)nc1N(C)CCN(C)C. The van der Waals surface area contributed by atoms with Crippen LogP contribution >= 0.6 is 0 Å². The summed E-state index contributed by atoms with van der Waals surface area (Å²) >= 11 is 0. The summed E-state index contributed by atoms with van der Waals surface area (Å²) in [6.07, 6.45) is 2.87. The van der Waals surface area contributed by atoms with E-state index in [1.54, 1.807) is 23.0 Å². The first-order valence-electron chi connectivity index (χ1n) is 12.4. The van der Waals surface area contributed by atoms with Crippen LogP contribution in [-0.4, -0.2) is 91.0 Å². The first-order valence-corrected chi connectivity index (χ1v) is 12.4. The molecule has 0 spiro atoms. The van der Waals surface area contributed by atoms with Crippen molar-refractivity contribution in [1.29, 1.82) is 0 Å².